The van der Waals surface area contributed by atoms with E-state index in [2.05, 4.69) is 30.4 Å². The van der Waals surface area contributed by atoms with Gasteiger partial charge < -0.3 is 5.32 Å². The molecule has 0 spiro atoms. The molecule has 0 aliphatic heterocycles. The summed E-state index contributed by atoms with van der Waals surface area (Å²) in [5.74, 6) is 0.866. The highest BCUT2D eigenvalue weighted by molar-refractivity contribution is 7.98. The van der Waals surface area contributed by atoms with Crippen LogP contribution in [0.2, 0.25) is 0 Å². The van der Waals surface area contributed by atoms with Crippen LogP contribution in [0.4, 0.5) is 10.1 Å². The zero-order valence-corrected chi connectivity index (χ0v) is 21.0. The molecule has 34 heavy (non-hydrogen) atoms. The van der Waals surface area contributed by atoms with Crippen LogP contribution >= 0.6 is 11.8 Å². The fourth-order valence-electron chi connectivity index (χ4n) is 3.34. The number of nitrogens with zero attached hydrogens (tertiary/aromatic N) is 1. The largest absolute Gasteiger partial charge is 0.354 e. The lowest BCUT2D eigenvalue weighted by atomic mass is 10.2. The third-order valence-electron chi connectivity index (χ3n) is 5.15. The van der Waals surface area contributed by atoms with E-state index in [1.54, 1.807) is 36.0 Å². The summed E-state index contributed by atoms with van der Waals surface area (Å²) in [7, 11) is -4.05. The van der Waals surface area contributed by atoms with Crippen LogP contribution in [0.1, 0.15) is 23.1 Å². The van der Waals surface area contributed by atoms with Crippen molar-refractivity contribution in [2.24, 2.45) is 0 Å². The Morgan fingerprint density at radius 2 is 1.68 bits per heavy atom. The lowest BCUT2D eigenvalue weighted by molar-refractivity contribution is -0.119. The lowest BCUT2D eigenvalue weighted by Crippen LogP contribution is -2.41. The Bertz CT molecular complexity index is 1200. The number of carbonyl (C=O) groups excluding carboxylic acids is 1. The summed E-state index contributed by atoms with van der Waals surface area (Å²) in [4.78, 5) is 12.6. The number of halogens is 1. The van der Waals surface area contributed by atoms with Gasteiger partial charge in [-0.25, -0.2) is 12.8 Å². The molecule has 180 valence electrons. The maximum Gasteiger partial charge on any atom is 0.264 e. The maximum atomic E-state index is 13.3. The first kappa shape index (κ1) is 25.8. The number of sulfonamides is 1. The van der Waals surface area contributed by atoms with Crippen LogP contribution in [0.25, 0.3) is 0 Å². The van der Waals surface area contributed by atoms with E-state index in [0.29, 0.717) is 12.2 Å². The highest BCUT2D eigenvalue weighted by Gasteiger charge is 2.27. The molecule has 0 heterocycles. The van der Waals surface area contributed by atoms with Gasteiger partial charge in [0.2, 0.25) is 5.91 Å². The zero-order chi connectivity index (χ0) is 24.6. The number of hydrogen-bond acceptors (Lipinski definition) is 4. The Morgan fingerprint density at radius 1 is 0.971 bits per heavy atom. The van der Waals surface area contributed by atoms with Crippen LogP contribution in [0.15, 0.2) is 77.7 Å². The molecule has 3 aromatic carbocycles. The van der Waals surface area contributed by atoms with E-state index in [-0.39, 0.29) is 11.4 Å². The van der Waals surface area contributed by atoms with Crippen molar-refractivity contribution >= 4 is 33.4 Å². The average molecular weight is 501 g/mol. The maximum absolute atomic E-state index is 13.3. The summed E-state index contributed by atoms with van der Waals surface area (Å²) in [5, 5.41) is 2.82. The number of amides is 1. The number of hydrogen-bond donors (Lipinski definition) is 1. The SMILES string of the molecule is Cc1ccc(N(CC(=O)NCCCSCc2cccc(C)c2)S(=O)(=O)c2ccc(F)cc2)cc1. The molecule has 8 heteroatoms. The Morgan fingerprint density at radius 3 is 2.35 bits per heavy atom. The van der Waals surface area contributed by atoms with Crippen molar-refractivity contribution in [1.82, 2.24) is 5.32 Å². The smallest absolute Gasteiger partial charge is 0.264 e. The van der Waals surface area contributed by atoms with E-state index in [1.165, 1.54) is 23.3 Å². The van der Waals surface area contributed by atoms with Crippen molar-refractivity contribution in [3.63, 3.8) is 0 Å². The van der Waals surface area contributed by atoms with Crippen molar-refractivity contribution in [1.29, 1.82) is 0 Å². The topological polar surface area (TPSA) is 66.5 Å². The van der Waals surface area contributed by atoms with E-state index in [0.717, 1.165) is 39.9 Å². The molecule has 3 aromatic rings. The van der Waals surface area contributed by atoms with Crippen molar-refractivity contribution in [2.75, 3.05) is 23.1 Å². The molecule has 0 aliphatic rings. The molecule has 0 saturated heterocycles. The summed E-state index contributed by atoms with van der Waals surface area (Å²) in [6, 6.07) is 19.9. The van der Waals surface area contributed by atoms with E-state index < -0.39 is 21.7 Å². The van der Waals surface area contributed by atoms with Crippen LogP contribution in [0.3, 0.4) is 0 Å². The monoisotopic (exact) mass is 500 g/mol. The molecule has 0 unspecified atom stereocenters. The van der Waals surface area contributed by atoms with Gasteiger partial charge in [-0.3, -0.25) is 9.10 Å². The quantitative estimate of drug-likeness (QED) is 0.373. The van der Waals surface area contributed by atoms with Crippen LogP contribution in [-0.4, -0.2) is 33.2 Å². The highest BCUT2D eigenvalue weighted by atomic mass is 32.2. The predicted molar refractivity (Wildman–Crippen MR) is 137 cm³/mol. The van der Waals surface area contributed by atoms with Gasteiger partial charge in [0.1, 0.15) is 12.4 Å². The number of thioether (sulfide) groups is 1. The second-order valence-corrected chi connectivity index (χ2v) is 11.0. The molecular weight excluding hydrogens is 471 g/mol. The van der Waals surface area contributed by atoms with Crippen molar-refractivity contribution in [3.05, 3.63) is 95.3 Å². The summed E-state index contributed by atoms with van der Waals surface area (Å²) in [5.41, 5.74) is 3.85. The molecule has 0 aliphatic carbocycles. The zero-order valence-electron chi connectivity index (χ0n) is 19.3. The third kappa shape index (κ3) is 7.33. The number of aryl methyl sites for hydroxylation is 2. The summed E-state index contributed by atoms with van der Waals surface area (Å²) < 4.78 is 40.9. The van der Waals surface area contributed by atoms with E-state index >= 15 is 0 Å². The lowest BCUT2D eigenvalue weighted by Gasteiger charge is -2.24. The van der Waals surface area contributed by atoms with Gasteiger partial charge in [0.25, 0.3) is 10.0 Å². The summed E-state index contributed by atoms with van der Waals surface area (Å²) >= 11 is 1.79. The molecule has 0 saturated carbocycles. The van der Waals surface area contributed by atoms with Gasteiger partial charge in [0, 0.05) is 12.3 Å². The first-order valence-electron chi connectivity index (χ1n) is 11.0. The Hall–Kier alpha value is -2.84. The molecule has 0 fully saturated rings. The highest BCUT2D eigenvalue weighted by Crippen LogP contribution is 2.24. The van der Waals surface area contributed by atoms with Gasteiger partial charge in [-0.2, -0.15) is 11.8 Å². The molecule has 0 bridgehead atoms. The minimum atomic E-state index is -4.05. The molecule has 0 atom stereocenters. The molecule has 1 N–H and O–H groups in total. The Balaban J connectivity index is 1.58. The first-order valence-corrected chi connectivity index (χ1v) is 13.6. The van der Waals surface area contributed by atoms with Gasteiger partial charge in [0.15, 0.2) is 0 Å². The van der Waals surface area contributed by atoms with Crippen molar-refractivity contribution in [3.8, 4) is 0 Å². The second kappa shape index (κ2) is 12.0. The van der Waals surface area contributed by atoms with Crippen LogP contribution in [0, 0.1) is 19.7 Å². The first-order chi connectivity index (χ1) is 16.3. The molecule has 0 radical (unpaired) electrons. The minimum Gasteiger partial charge on any atom is -0.354 e. The van der Waals surface area contributed by atoms with Crippen LogP contribution in [-0.2, 0) is 20.6 Å². The van der Waals surface area contributed by atoms with Crippen LogP contribution < -0.4 is 9.62 Å². The number of anilines is 1. The van der Waals surface area contributed by atoms with E-state index in [9.17, 15) is 17.6 Å². The number of nitrogens with one attached hydrogen (secondary N) is 1. The third-order valence-corrected chi connectivity index (χ3v) is 8.05. The Labute approximate surface area is 205 Å². The minimum absolute atomic E-state index is 0.0742. The normalized spacial score (nSPS) is 11.3. The van der Waals surface area contributed by atoms with Gasteiger partial charge in [-0.1, -0.05) is 47.5 Å². The Kier molecular flexibility index (Phi) is 9.12. The second-order valence-electron chi connectivity index (χ2n) is 8.05. The molecule has 1 amide bonds. The van der Waals surface area contributed by atoms with Crippen molar-refractivity contribution < 1.29 is 17.6 Å². The number of carbonyl (C=O) groups is 1. The van der Waals surface area contributed by atoms with Gasteiger partial charge >= 0.3 is 0 Å². The number of rotatable bonds is 11. The van der Waals surface area contributed by atoms with E-state index in [4.69, 9.17) is 0 Å². The van der Waals surface area contributed by atoms with Gasteiger partial charge in [0.05, 0.1) is 10.6 Å². The van der Waals surface area contributed by atoms with Crippen LogP contribution in [0.5, 0.6) is 0 Å². The molecule has 5 nitrogen and oxygen atoms in total. The van der Waals surface area contributed by atoms with Crippen molar-refractivity contribution in [2.45, 2.75) is 30.9 Å². The predicted octanol–water partition coefficient (Wildman–Crippen LogP) is 5.08. The average Bonchev–Trinajstić information content (AvgIpc) is 2.81. The molecule has 0 aromatic heterocycles. The fraction of sp³-hybridized carbons (Fsp3) is 0.269. The number of benzene rings is 3. The fourth-order valence-corrected chi connectivity index (χ4v) is 5.67. The summed E-state index contributed by atoms with van der Waals surface area (Å²) in [6.07, 6.45) is 0.775. The molecule has 3 rings (SSSR count). The van der Waals surface area contributed by atoms with Gasteiger partial charge in [-0.05, 0) is 68.0 Å². The summed E-state index contributed by atoms with van der Waals surface area (Å²) in [6.45, 7) is 4.06. The van der Waals surface area contributed by atoms with Gasteiger partial charge in [-0.15, -0.1) is 0 Å². The standard InChI is InChI=1S/C26H29FN2O3S2/c1-20-7-11-24(12-8-20)29(34(31,32)25-13-9-23(27)10-14-25)18-26(30)28-15-4-16-33-19-22-6-3-5-21(2)17-22/h3,5-14,17H,4,15-16,18-19H2,1-2H3,(H,28,30). The molecular formula is C26H29FN2O3S2. The van der Waals surface area contributed by atoms with E-state index in [1.807, 2.05) is 13.0 Å².